The Morgan fingerprint density at radius 1 is 0.203 bits per heavy atom. The molecule has 0 N–H and O–H groups in total. The Kier molecular flexibility index (Phi) is 32.9. The van der Waals surface area contributed by atoms with Gasteiger partial charge in [0.15, 0.2) is 0 Å². The maximum atomic E-state index is 16.9. The van der Waals surface area contributed by atoms with Crippen LogP contribution < -0.4 is 0 Å². The molecule has 4 unspecified atom stereocenters. The van der Waals surface area contributed by atoms with Gasteiger partial charge in [-0.3, -0.25) is 58.0 Å². The van der Waals surface area contributed by atoms with Crippen LogP contribution in [-0.4, -0.2) is 102 Å². The van der Waals surface area contributed by atoms with Crippen molar-refractivity contribution in [2.24, 2.45) is 23.7 Å². The molecule has 11 aromatic carbocycles. The summed E-state index contributed by atoms with van der Waals surface area (Å²) in [6, 6.07) is 31.9. The molecule has 133 heavy (non-hydrogen) atoms. The number of fused-ring (bicyclic) bond motifs is 5. The molecule has 0 aliphatic carbocycles. The fraction of sp³-hybridized carbons (Fsp3) is 0.542. The van der Waals surface area contributed by atoms with Gasteiger partial charge < -0.3 is 0 Å². The van der Waals surface area contributed by atoms with Crippen LogP contribution in [-0.2, 0) is 0 Å². The topological polar surface area (TPSA) is 175 Å². The molecule has 0 spiro atoms. The van der Waals surface area contributed by atoms with Gasteiger partial charge in [-0.2, -0.15) is 8.75 Å². The molecule has 15 heteroatoms. The third-order valence-electron chi connectivity index (χ3n) is 31.3. The van der Waals surface area contributed by atoms with E-state index in [-0.39, 0.29) is 84.0 Å². The van der Waals surface area contributed by atoms with Gasteiger partial charge in [0.1, 0.15) is 11.0 Å². The van der Waals surface area contributed by atoms with E-state index in [0.717, 1.165) is 308 Å². The Labute approximate surface area is 795 Å². The Bertz CT molecular complexity index is 5800. The van der Waals surface area contributed by atoms with Gasteiger partial charge in [-0.05, 0) is 199 Å². The normalized spacial score (nSPS) is 15.1. The Morgan fingerprint density at radius 2 is 0.391 bits per heavy atom. The number of nitrogens with zero attached hydrogens (tertiary/aromatic N) is 6. The second-order valence-corrected chi connectivity index (χ2v) is 41.3. The summed E-state index contributed by atoms with van der Waals surface area (Å²) in [7, 11) is 0. The zero-order valence-electron chi connectivity index (χ0n) is 81.7. The number of benzene rings is 11. The molecule has 0 fully saturated rings. The van der Waals surface area contributed by atoms with Gasteiger partial charge in [-0.25, -0.2) is 0 Å². The molecule has 704 valence electrons. The number of amides is 8. The minimum Gasteiger partial charge on any atom is -0.274 e. The number of aromatic nitrogens is 2. The smallest absolute Gasteiger partial charge is 0.262 e. The van der Waals surface area contributed by atoms with E-state index in [1.54, 1.807) is 19.6 Å². The molecule has 8 amide bonds. The van der Waals surface area contributed by atoms with E-state index in [1.807, 2.05) is 84.9 Å². The molecule has 5 heterocycles. The van der Waals surface area contributed by atoms with Crippen molar-refractivity contribution < 1.29 is 38.4 Å². The van der Waals surface area contributed by atoms with Crippen LogP contribution in [0.2, 0.25) is 0 Å². The fourth-order valence-electron chi connectivity index (χ4n) is 23.9. The van der Waals surface area contributed by atoms with Crippen molar-refractivity contribution >= 4 is 156 Å². The van der Waals surface area contributed by atoms with Crippen molar-refractivity contribution in [2.45, 2.75) is 364 Å². The molecule has 4 aliphatic rings. The molecular weight excluding hydrogens is 1660 g/mol. The van der Waals surface area contributed by atoms with Crippen molar-refractivity contribution in [3.63, 3.8) is 0 Å². The molecule has 14 nitrogen and oxygen atoms in total. The van der Waals surface area contributed by atoms with E-state index < -0.39 is 0 Å². The van der Waals surface area contributed by atoms with Crippen LogP contribution in [0.5, 0.6) is 0 Å². The SMILES string of the molecule is CCCCCCCCC(CCCCCC)CN1C(=O)c2ccc3c4ccc5c6c(c(-c7ccc(-c8cc9c%10ccc%11c%12c(ccc(c%13ccc%14c(c8C(=O)N(CC(CCCCCC)CCCCCCCC)C%14=O)c%139)c%12%10)C(=O)N(CC(CCCCCC)CCCCCCCC)C%11=O)c8nsnc78)cc(c7ccc(c2c37)C1=O)c64)C(=O)N(CC(CCCCCC)CCCCCCCC)C5=O. The summed E-state index contributed by atoms with van der Waals surface area (Å²) < 4.78 is 10.6. The summed E-state index contributed by atoms with van der Waals surface area (Å²) in [5.41, 5.74) is 6.92. The fourth-order valence-corrected chi connectivity index (χ4v) is 24.5. The van der Waals surface area contributed by atoms with Gasteiger partial charge in [0.25, 0.3) is 47.3 Å². The van der Waals surface area contributed by atoms with Gasteiger partial charge >= 0.3 is 0 Å². The van der Waals surface area contributed by atoms with E-state index >= 15 is 38.4 Å². The predicted molar refractivity (Wildman–Crippen MR) is 553 cm³/mol. The zero-order chi connectivity index (χ0) is 92.8. The minimum absolute atomic E-state index is 0.0759. The van der Waals surface area contributed by atoms with Gasteiger partial charge in [-0.15, -0.1) is 0 Å². The first-order valence-corrected chi connectivity index (χ1v) is 54.1. The first-order chi connectivity index (χ1) is 65.1. The van der Waals surface area contributed by atoms with E-state index in [9.17, 15) is 0 Å². The highest BCUT2D eigenvalue weighted by molar-refractivity contribution is 7.00. The van der Waals surface area contributed by atoms with Crippen molar-refractivity contribution in [1.29, 1.82) is 0 Å². The molecule has 16 rings (SSSR count). The van der Waals surface area contributed by atoms with Crippen LogP contribution in [0.1, 0.15) is 446 Å². The first kappa shape index (κ1) is 96.5. The Balaban J connectivity index is 0.872. The number of rotatable bonds is 58. The molecule has 0 radical (unpaired) electrons. The zero-order valence-corrected chi connectivity index (χ0v) is 82.5. The minimum atomic E-state index is -0.371. The summed E-state index contributed by atoms with van der Waals surface area (Å²) in [5.74, 6) is -2.00. The lowest BCUT2D eigenvalue weighted by Crippen LogP contribution is -2.43. The summed E-state index contributed by atoms with van der Waals surface area (Å²) in [5, 5.41) is 11.8. The largest absolute Gasteiger partial charge is 0.274 e. The third-order valence-corrected chi connectivity index (χ3v) is 31.8. The van der Waals surface area contributed by atoms with Gasteiger partial charge in [0.05, 0.1) is 22.9 Å². The number of carbonyl (C=O) groups excluding carboxylic acids is 8. The second-order valence-electron chi connectivity index (χ2n) is 40.8. The summed E-state index contributed by atoms with van der Waals surface area (Å²) in [4.78, 5) is 134. The first-order valence-electron chi connectivity index (χ1n) is 53.3. The predicted octanol–water partition coefficient (Wildman–Crippen LogP) is 32.9. The second kappa shape index (κ2) is 45.4. The van der Waals surface area contributed by atoms with Crippen LogP contribution in [0, 0.1) is 23.7 Å². The summed E-state index contributed by atoms with van der Waals surface area (Å²) in [6.45, 7) is 19.2. The van der Waals surface area contributed by atoms with E-state index in [0.29, 0.717) is 112 Å². The van der Waals surface area contributed by atoms with Crippen LogP contribution in [0.3, 0.4) is 0 Å². The van der Waals surface area contributed by atoms with Crippen LogP contribution in [0.25, 0.3) is 119 Å². The molecule has 4 aliphatic heterocycles. The lowest BCUT2D eigenvalue weighted by atomic mass is 9.78. The maximum absolute atomic E-state index is 16.9. The van der Waals surface area contributed by atoms with E-state index in [2.05, 4.69) is 67.5 Å². The monoisotopic (exact) mass is 1810 g/mol. The van der Waals surface area contributed by atoms with Crippen LogP contribution in [0.15, 0.2) is 97.1 Å². The van der Waals surface area contributed by atoms with Crippen molar-refractivity contribution in [3.8, 4) is 22.3 Å². The Morgan fingerprint density at radius 3 is 0.632 bits per heavy atom. The molecule has 4 atom stereocenters. The lowest BCUT2D eigenvalue weighted by Gasteiger charge is -2.33. The average Bonchev–Trinajstić information content (AvgIpc) is 1.18. The van der Waals surface area contributed by atoms with Crippen molar-refractivity contribution in [2.75, 3.05) is 26.2 Å². The highest BCUT2D eigenvalue weighted by Gasteiger charge is 2.44. The highest BCUT2D eigenvalue weighted by Crippen LogP contribution is 2.54. The lowest BCUT2D eigenvalue weighted by molar-refractivity contribution is 0.0563. The van der Waals surface area contributed by atoms with Gasteiger partial charge in [0.2, 0.25) is 0 Å². The van der Waals surface area contributed by atoms with Crippen LogP contribution >= 0.6 is 11.7 Å². The van der Waals surface area contributed by atoms with Crippen molar-refractivity contribution in [3.05, 3.63) is 142 Å². The molecule has 0 bridgehead atoms. The highest BCUT2D eigenvalue weighted by atomic mass is 32.1. The number of unbranched alkanes of at least 4 members (excludes halogenated alkanes) is 32. The molecular formula is C118H148N6O8S. The average molecular weight is 1810 g/mol. The molecule has 0 saturated heterocycles. The maximum Gasteiger partial charge on any atom is 0.262 e. The van der Waals surface area contributed by atoms with Crippen LogP contribution in [0.4, 0.5) is 0 Å². The number of hydrogen-bond donors (Lipinski definition) is 0. The molecule has 1 aromatic heterocycles. The Hall–Kier alpha value is -9.60. The van der Waals surface area contributed by atoms with E-state index in [1.165, 1.54) is 77.0 Å². The number of imide groups is 4. The van der Waals surface area contributed by atoms with Gasteiger partial charge in [-0.1, -0.05) is 361 Å². The standard InChI is InChI=1S/C118H148N6O8S/c1-9-17-25-33-37-45-53-77(49-41-29-21-13-5)73-121-111(125)89-65-57-81-83-59-69-93-105-101(83)95(85-61-67-91(113(121)127)103(89)99(81)85)71-97(107(105)117(131)123(115(93)129)75-79(51-43-31-23-15-7)55-47-39-35-27-19-11-3)87-63-64-88(110-109(87)119-133-120-110)98-72-96-86-62-68-92-104-90(112(126)122(114(92)128)74-78(50-42-30-22-14-6)54-46-38-34-26-18-10-2)66-58-82(100(86)104)84-60-70-94-106(102(84)96)108(98)118(132)124(116(94)130)76-80(52-44-32-24-16-8)56-48-40-36-28-20-12-4/h57-72,77-80H,9-56,73-76H2,1-8H3. The number of hydrogen-bond acceptors (Lipinski definition) is 11. The van der Waals surface area contributed by atoms with Gasteiger partial charge in [0, 0.05) is 92.2 Å². The van der Waals surface area contributed by atoms with Crippen molar-refractivity contribution in [1.82, 2.24) is 28.3 Å². The summed E-state index contributed by atoms with van der Waals surface area (Å²) >= 11 is 1.05. The van der Waals surface area contributed by atoms with E-state index in [4.69, 9.17) is 8.75 Å². The number of carbonyl (C=O) groups is 8. The quantitative estimate of drug-likeness (QED) is 0.0154. The molecule has 0 saturated carbocycles. The molecule has 12 aromatic rings. The summed E-state index contributed by atoms with van der Waals surface area (Å²) in [6.07, 6.45) is 52.7. The third kappa shape index (κ3) is 19.8.